The second-order valence-corrected chi connectivity index (χ2v) is 7.18. The molecule has 4 nitrogen and oxygen atoms in total. The minimum absolute atomic E-state index is 0.0616. The monoisotopic (exact) mass is 281 g/mol. The predicted molar refractivity (Wildman–Crippen MR) is 77.3 cm³/mol. The average molecular weight is 281 g/mol. The number of hydrogen-bond acceptors (Lipinski definition) is 3. The van der Waals surface area contributed by atoms with E-state index >= 15 is 0 Å². The first-order valence-electron chi connectivity index (χ1n) is 5.92. The minimum atomic E-state index is -3.35. The number of aliphatic hydroxyl groups is 1. The van der Waals surface area contributed by atoms with Crippen molar-refractivity contribution in [2.24, 2.45) is 5.41 Å². The molecule has 2 N–H and O–H groups in total. The highest BCUT2D eigenvalue weighted by Crippen LogP contribution is 2.18. The van der Waals surface area contributed by atoms with E-state index in [9.17, 15) is 8.42 Å². The lowest BCUT2D eigenvalue weighted by Gasteiger charge is -2.18. The van der Waals surface area contributed by atoms with Gasteiger partial charge in [-0.15, -0.1) is 0 Å². The molecule has 0 atom stereocenters. The van der Waals surface area contributed by atoms with E-state index in [2.05, 4.69) is 16.6 Å². The van der Waals surface area contributed by atoms with Crippen LogP contribution in [0.15, 0.2) is 24.3 Å². The van der Waals surface area contributed by atoms with Gasteiger partial charge in [-0.1, -0.05) is 32.6 Å². The van der Waals surface area contributed by atoms with Crippen LogP contribution in [0.2, 0.25) is 0 Å². The third-order valence-corrected chi connectivity index (χ3v) is 3.89. The SMILES string of the molecule is CC(C)(C)CS(=O)(=O)Nc1ccc(C#CCO)cc1. The second kappa shape index (κ2) is 6.09. The van der Waals surface area contributed by atoms with Crippen molar-refractivity contribution in [3.05, 3.63) is 29.8 Å². The molecular weight excluding hydrogens is 262 g/mol. The fourth-order valence-electron chi connectivity index (χ4n) is 1.55. The Morgan fingerprint density at radius 2 is 1.79 bits per heavy atom. The number of hydrogen-bond donors (Lipinski definition) is 2. The standard InChI is InChI=1S/C14H19NO3S/c1-14(2,3)11-19(17,18)15-13-8-6-12(7-9-13)5-4-10-16/h6-9,15-16H,10-11H2,1-3H3. The van der Waals surface area contributed by atoms with E-state index in [1.54, 1.807) is 24.3 Å². The van der Waals surface area contributed by atoms with Crippen LogP contribution in [0.4, 0.5) is 5.69 Å². The molecule has 0 bridgehead atoms. The van der Waals surface area contributed by atoms with E-state index in [-0.39, 0.29) is 17.8 Å². The molecule has 0 heterocycles. The lowest BCUT2D eigenvalue weighted by atomic mass is 10.0. The smallest absolute Gasteiger partial charge is 0.233 e. The Bertz CT molecular complexity index is 572. The first-order valence-corrected chi connectivity index (χ1v) is 7.57. The molecule has 0 aliphatic carbocycles. The Balaban J connectivity index is 2.78. The molecule has 1 aromatic rings. The van der Waals surface area contributed by atoms with Crippen LogP contribution in [0.5, 0.6) is 0 Å². The molecule has 0 fully saturated rings. The number of benzene rings is 1. The van der Waals surface area contributed by atoms with Gasteiger partial charge in [-0.25, -0.2) is 8.42 Å². The molecule has 0 saturated carbocycles. The van der Waals surface area contributed by atoms with Gasteiger partial charge in [0.2, 0.25) is 10.0 Å². The summed E-state index contributed by atoms with van der Waals surface area (Å²) in [5.41, 5.74) is 0.949. The van der Waals surface area contributed by atoms with Crippen LogP contribution in [0.25, 0.3) is 0 Å². The Morgan fingerprint density at radius 3 is 2.26 bits per heavy atom. The number of rotatable bonds is 3. The minimum Gasteiger partial charge on any atom is -0.384 e. The molecule has 0 spiro atoms. The summed E-state index contributed by atoms with van der Waals surface area (Å²) in [4.78, 5) is 0. The first kappa shape index (κ1) is 15.5. The molecule has 1 aromatic carbocycles. The van der Waals surface area contributed by atoms with Gasteiger partial charge in [0, 0.05) is 11.3 Å². The normalized spacial score (nSPS) is 11.6. The van der Waals surface area contributed by atoms with Gasteiger partial charge in [0.05, 0.1) is 5.75 Å². The van der Waals surface area contributed by atoms with E-state index in [0.29, 0.717) is 5.69 Å². The van der Waals surface area contributed by atoms with Gasteiger partial charge in [0.25, 0.3) is 0 Å². The Labute approximate surface area is 114 Å². The van der Waals surface area contributed by atoms with Crippen LogP contribution in [-0.2, 0) is 10.0 Å². The van der Waals surface area contributed by atoms with Crippen LogP contribution >= 0.6 is 0 Å². The van der Waals surface area contributed by atoms with E-state index in [1.165, 1.54) is 0 Å². The van der Waals surface area contributed by atoms with Gasteiger partial charge in [0.1, 0.15) is 6.61 Å². The molecule has 1 rings (SSSR count). The maximum Gasteiger partial charge on any atom is 0.233 e. The van der Waals surface area contributed by atoms with Crippen molar-refractivity contribution in [3.63, 3.8) is 0 Å². The fraction of sp³-hybridized carbons (Fsp3) is 0.429. The summed E-state index contributed by atoms with van der Waals surface area (Å²) >= 11 is 0. The highest BCUT2D eigenvalue weighted by atomic mass is 32.2. The molecule has 19 heavy (non-hydrogen) atoms. The maximum atomic E-state index is 11.9. The third kappa shape index (κ3) is 6.27. The predicted octanol–water partition coefficient (Wildman–Crippen LogP) is 1.82. The maximum absolute atomic E-state index is 11.9. The van der Waals surface area contributed by atoms with Crippen molar-refractivity contribution in [2.75, 3.05) is 17.1 Å². The van der Waals surface area contributed by atoms with E-state index in [1.807, 2.05) is 20.8 Å². The molecule has 0 amide bonds. The largest absolute Gasteiger partial charge is 0.384 e. The Kier molecular flexibility index (Phi) is 4.98. The van der Waals surface area contributed by atoms with Crippen LogP contribution in [0, 0.1) is 17.3 Å². The van der Waals surface area contributed by atoms with E-state index in [4.69, 9.17) is 5.11 Å². The summed E-state index contributed by atoms with van der Waals surface area (Å²) < 4.78 is 26.3. The van der Waals surface area contributed by atoms with Gasteiger partial charge in [-0.3, -0.25) is 4.72 Å². The third-order valence-electron chi connectivity index (χ3n) is 2.09. The molecule has 0 aliphatic rings. The Hall–Kier alpha value is -1.51. The molecule has 0 saturated heterocycles. The topological polar surface area (TPSA) is 66.4 Å². The molecule has 5 heteroatoms. The second-order valence-electron chi connectivity index (χ2n) is 5.46. The highest BCUT2D eigenvalue weighted by Gasteiger charge is 2.21. The number of anilines is 1. The summed E-state index contributed by atoms with van der Waals surface area (Å²) in [6, 6.07) is 6.72. The zero-order valence-electron chi connectivity index (χ0n) is 11.4. The summed E-state index contributed by atoms with van der Waals surface area (Å²) in [6.45, 7) is 5.43. The van der Waals surface area contributed by atoms with Gasteiger partial charge in [-0.05, 0) is 29.7 Å². The quantitative estimate of drug-likeness (QED) is 0.831. The van der Waals surface area contributed by atoms with Gasteiger partial charge >= 0.3 is 0 Å². The van der Waals surface area contributed by atoms with Crippen molar-refractivity contribution >= 4 is 15.7 Å². The van der Waals surface area contributed by atoms with E-state index < -0.39 is 10.0 Å². The molecule has 0 radical (unpaired) electrons. The molecule has 0 aliphatic heterocycles. The van der Waals surface area contributed by atoms with E-state index in [0.717, 1.165) is 5.56 Å². The molecule has 104 valence electrons. The summed E-state index contributed by atoms with van der Waals surface area (Å²) in [5.74, 6) is 5.34. The number of sulfonamides is 1. The van der Waals surface area contributed by atoms with Gasteiger partial charge in [-0.2, -0.15) is 0 Å². The average Bonchev–Trinajstić information content (AvgIpc) is 2.24. The zero-order valence-corrected chi connectivity index (χ0v) is 12.2. The van der Waals surface area contributed by atoms with Crippen molar-refractivity contribution in [1.82, 2.24) is 0 Å². The lowest BCUT2D eigenvalue weighted by molar-refractivity contribution is 0.350. The molecular formula is C14H19NO3S. The molecule has 0 aromatic heterocycles. The van der Waals surface area contributed by atoms with Crippen molar-refractivity contribution in [2.45, 2.75) is 20.8 Å². The van der Waals surface area contributed by atoms with Crippen LogP contribution in [0.3, 0.4) is 0 Å². The first-order chi connectivity index (χ1) is 8.72. The highest BCUT2D eigenvalue weighted by molar-refractivity contribution is 7.92. The van der Waals surface area contributed by atoms with Crippen molar-refractivity contribution < 1.29 is 13.5 Å². The Morgan fingerprint density at radius 1 is 1.21 bits per heavy atom. The number of aliphatic hydroxyl groups excluding tert-OH is 1. The van der Waals surface area contributed by atoms with Crippen molar-refractivity contribution in [3.8, 4) is 11.8 Å². The lowest BCUT2D eigenvalue weighted by Crippen LogP contribution is -2.26. The molecule has 0 unspecified atom stereocenters. The fourth-order valence-corrected chi connectivity index (χ4v) is 3.26. The van der Waals surface area contributed by atoms with Crippen LogP contribution in [-0.4, -0.2) is 25.9 Å². The summed E-state index contributed by atoms with van der Waals surface area (Å²) in [6.07, 6.45) is 0. The zero-order chi connectivity index (χ0) is 14.5. The van der Waals surface area contributed by atoms with Crippen LogP contribution < -0.4 is 4.72 Å². The van der Waals surface area contributed by atoms with Gasteiger partial charge in [0.15, 0.2) is 0 Å². The van der Waals surface area contributed by atoms with Crippen molar-refractivity contribution in [1.29, 1.82) is 0 Å². The van der Waals surface area contributed by atoms with Gasteiger partial charge < -0.3 is 5.11 Å². The van der Waals surface area contributed by atoms with Crippen LogP contribution in [0.1, 0.15) is 26.3 Å². The summed E-state index contributed by atoms with van der Waals surface area (Å²) in [7, 11) is -3.35. The number of nitrogens with one attached hydrogen (secondary N) is 1. The summed E-state index contributed by atoms with van der Waals surface area (Å²) in [5, 5.41) is 8.58.